The SMILES string of the molecule is CCNc1ncccc1COc1cc(C)ccc1[N+](=O)[O-]. The summed E-state index contributed by atoms with van der Waals surface area (Å²) in [5.74, 6) is 1.00. The first-order valence-electron chi connectivity index (χ1n) is 6.67. The van der Waals surface area contributed by atoms with E-state index in [0.717, 1.165) is 23.5 Å². The molecular weight excluding hydrogens is 270 g/mol. The number of anilines is 1. The molecule has 0 aliphatic rings. The van der Waals surface area contributed by atoms with Crippen molar-refractivity contribution in [2.24, 2.45) is 0 Å². The van der Waals surface area contributed by atoms with Gasteiger partial charge in [0.05, 0.1) is 4.92 Å². The van der Waals surface area contributed by atoms with E-state index >= 15 is 0 Å². The molecular formula is C15H17N3O3. The van der Waals surface area contributed by atoms with E-state index in [4.69, 9.17) is 4.74 Å². The molecule has 1 N–H and O–H groups in total. The van der Waals surface area contributed by atoms with Gasteiger partial charge < -0.3 is 10.1 Å². The van der Waals surface area contributed by atoms with E-state index in [1.165, 1.54) is 6.07 Å². The summed E-state index contributed by atoms with van der Waals surface area (Å²) in [6, 6.07) is 8.51. The number of aromatic nitrogens is 1. The second-order valence-electron chi connectivity index (χ2n) is 4.56. The van der Waals surface area contributed by atoms with Gasteiger partial charge in [-0.05, 0) is 31.5 Å². The summed E-state index contributed by atoms with van der Waals surface area (Å²) in [6.07, 6.45) is 1.69. The molecule has 0 amide bonds. The van der Waals surface area contributed by atoms with E-state index in [2.05, 4.69) is 10.3 Å². The Hall–Kier alpha value is -2.63. The quantitative estimate of drug-likeness (QED) is 0.651. The molecule has 2 aromatic rings. The molecule has 0 spiro atoms. The van der Waals surface area contributed by atoms with Crippen LogP contribution in [0.15, 0.2) is 36.5 Å². The normalized spacial score (nSPS) is 10.2. The second kappa shape index (κ2) is 6.69. The molecule has 6 nitrogen and oxygen atoms in total. The van der Waals surface area contributed by atoms with Crippen LogP contribution in [0, 0.1) is 17.0 Å². The lowest BCUT2D eigenvalue weighted by Gasteiger charge is -2.11. The van der Waals surface area contributed by atoms with Crippen molar-refractivity contribution in [1.82, 2.24) is 4.98 Å². The third-order valence-corrected chi connectivity index (χ3v) is 2.93. The monoisotopic (exact) mass is 287 g/mol. The minimum absolute atomic E-state index is 0.0329. The molecule has 6 heteroatoms. The standard InChI is InChI=1S/C15H17N3O3/c1-3-16-15-12(5-4-8-17-15)10-21-14-9-11(2)6-7-13(14)18(19)20/h4-9H,3,10H2,1-2H3,(H,16,17). The number of nitro benzene ring substituents is 1. The molecule has 21 heavy (non-hydrogen) atoms. The second-order valence-corrected chi connectivity index (χ2v) is 4.56. The van der Waals surface area contributed by atoms with Crippen LogP contribution in [-0.4, -0.2) is 16.5 Å². The van der Waals surface area contributed by atoms with Crippen molar-refractivity contribution in [3.05, 3.63) is 57.8 Å². The molecule has 1 aromatic heterocycles. The Bertz CT molecular complexity index is 644. The number of pyridine rings is 1. The predicted octanol–water partition coefficient (Wildman–Crippen LogP) is 3.31. The number of nitrogens with zero attached hydrogens (tertiary/aromatic N) is 2. The van der Waals surface area contributed by atoms with Gasteiger partial charge in [-0.1, -0.05) is 12.1 Å². The molecule has 0 fully saturated rings. The summed E-state index contributed by atoms with van der Waals surface area (Å²) in [5.41, 5.74) is 1.73. The van der Waals surface area contributed by atoms with Crippen molar-refractivity contribution < 1.29 is 9.66 Å². The first kappa shape index (κ1) is 14.8. The predicted molar refractivity (Wildman–Crippen MR) is 80.6 cm³/mol. The van der Waals surface area contributed by atoms with E-state index < -0.39 is 4.92 Å². The van der Waals surface area contributed by atoms with Gasteiger partial charge >= 0.3 is 5.69 Å². The molecule has 0 aliphatic heterocycles. The van der Waals surface area contributed by atoms with Crippen LogP contribution >= 0.6 is 0 Å². The maximum Gasteiger partial charge on any atom is 0.310 e. The third-order valence-electron chi connectivity index (χ3n) is 2.93. The molecule has 0 unspecified atom stereocenters. The highest BCUT2D eigenvalue weighted by molar-refractivity contribution is 5.49. The van der Waals surface area contributed by atoms with Crippen LogP contribution in [0.25, 0.3) is 0 Å². The molecule has 2 rings (SSSR count). The van der Waals surface area contributed by atoms with Crippen LogP contribution in [0.4, 0.5) is 11.5 Å². The van der Waals surface area contributed by atoms with Crippen LogP contribution in [-0.2, 0) is 6.61 Å². The summed E-state index contributed by atoms with van der Waals surface area (Å²) < 4.78 is 5.63. The number of nitro groups is 1. The lowest BCUT2D eigenvalue weighted by molar-refractivity contribution is -0.386. The smallest absolute Gasteiger partial charge is 0.310 e. The van der Waals surface area contributed by atoms with Crippen LogP contribution in [0.2, 0.25) is 0 Å². The van der Waals surface area contributed by atoms with Gasteiger partial charge in [0, 0.05) is 24.4 Å². The summed E-state index contributed by atoms with van der Waals surface area (Å²) >= 11 is 0. The Balaban J connectivity index is 2.20. The summed E-state index contributed by atoms with van der Waals surface area (Å²) in [5, 5.41) is 14.2. The van der Waals surface area contributed by atoms with Crippen LogP contribution in [0.5, 0.6) is 5.75 Å². The van der Waals surface area contributed by atoms with Gasteiger partial charge in [0.25, 0.3) is 0 Å². The molecule has 0 radical (unpaired) electrons. The average Bonchev–Trinajstić information content (AvgIpc) is 2.46. The fraction of sp³-hybridized carbons (Fsp3) is 0.267. The Morgan fingerprint density at radius 1 is 1.38 bits per heavy atom. The minimum atomic E-state index is -0.441. The van der Waals surface area contributed by atoms with E-state index in [-0.39, 0.29) is 18.0 Å². The number of rotatable bonds is 6. The maximum atomic E-state index is 11.0. The van der Waals surface area contributed by atoms with Gasteiger partial charge in [-0.3, -0.25) is 10.1 Å². The average molecular weight is 287 g/mol. The van der Waals surface area contributed by atoms with Crippen LogP contribution in [0.3, 0.4) is 0 Å². The lowest BCUT2D eigenvalue weighted by atomic mass is 10.2. The van der Waals surface area contributed by atoms with E-state index in [1.807, 2.05) is 26.0 Å². The molecule has 110 valence electrons. The first-order valence-corrected chi connectivity index (χ1v) is 6.67. The molecule has 0 saturated carbocycles. The third kappa shape index (κ3) is 3.68. The first-order chi connectivity index (χ1) is 10.1. The molecule has 0 aliphatic carbocycles. The molecule has 1 aromatic carbocycles. The maximum absolute atomic E-state index is 11.0. The zero-order valence-corrected chi connectivity index (χ0v) is 12.0. The zero-order valence-electron chi connectivity index (χ0n) is 12.0. The Morgan fingerprint density at radius 2 is 2.19 bits per heavy atom. The van der Waals surface area contributed by atoms with Gasteiger partial charge in [0.15, 0.2) is 5.75 Å². The number of hydrogen-bond donors (Lipinski definition) is 1. The molecule has 1 heterocycles. The van der Waals surface area contributed by atoms with Crippen molar-refractivity contribution in [2.75, 3.05) is 11.9 Å². The minimum Gasteiger partial charge on any atom is -0.482 e. The highest BCUT2D eigenvalue weighted by atomic mass is 16.6. The lowest BCUT2D eigenvalue weighted by Crippen LogP contribution is -2.06. The van der Waals surface area contributed by atoms with Crippen molar-refractivity contribution in [1.29, 1.82) is 0 Å². The van der Waals surface area contributed by atoms with Crippen LogP contribution in [0.1, 0.15) is 18.1 Å². The van der Waals surface area contributed by atoms with Crippen molar-refractivity contribution >= 4 is 11.5 Å². The number of ether oxygens (including phenoxy) is 1. The zero-order chi connectivity index (χ0) is 15.2. The fourth-order valence-electron chi connectivity index (χ4n) is 1.92. The Kier molecular flexibility index (Phi) is 4.71. The highest BCUT2D eigenvalue weighted by Crippen LogP contribution is 2.29. The van der Waals surface area contributed by atoms with Crippen molar-refractivity contribution in [3.8, 4) is 5.75 Å². The highest BCUT2D eigenvalue weighted by Gasteiger charge is 2.15. The van der Waals surface area contributed by atoms with Crippen LogP contribution < -0.4 is 10.1 Å². The van der Waals surface area contributed by atoms with Crippen molar-refractivity contribution in [3.63, 3.8) is 0 Å². The van der Waals surface area contributed by atoms with E-state index in [9.17, 15) is 10.1 Å². The summed E-state index contributed by atoms with van der Waals surface area (Å²) in [7, 11) is 0. The van der Waals surface area contributed by atoms with Gasteiger partial charge in [0.1, 0.15) is 12.4 Å². The number of nitrogens with one attached hydrogen (secondary N) is 1. The Morgan fingerprint density at radius 3 is 2.90 bits per heavy atom. The number of benzene rings is 1. The van der Waals surface area contributed by atoms with Crippen molar-refractivity contribution in [2.45, 2.75) is 20.5 Å². The van der Waals surface area contributed by atoms with Gasteiger partial charge in [-0.25, -0.2) is 4.98 Å². The van der Waals surface area contributed by atoms with Gasteiger partial charge in [-0.2, -0.15) is 0 Å². The molecule has 0 bridgehead atoms. The number of aryl methyl sites for hydroxylation is 1. The number of hydrogen-bond acceptors (Lipinski definition) is 5. The Labute approximate surface area is 122 Å². The van der Waals surface area contributed by atoms with E-state index in [0.29, 0.717) is 0 Å². The summed E-state index contributed by atoms with van der Waals surface area (Å²) in [6.45, 7) is 4.81. The van der Waals surface area contributed by atoms with Gasteiger partial charge in [-0.15, -0.1) is 0 Å². The molecule has 0 saturated heterocycles. The summed E-state index contributed by atoms with van der Waals surface area (Å²) in [4.78, 5) is 14.8. The topological polar surface area (TPSA) is 77.3 Å². The largest absolute Gasteiger partial charge is 0.482 e. The molecule has 0 atom stereocenters. The van der Waals surface area contributed by atoms with E-state index in [1.54, 1.807) is 18.3 Å². The fourth-order valence-corrected chi connectivity index (χ4v) is 1.92. The van der Waals surface area contributed by atoms with Gasteiger partial charge in [0.2, 0.25) is 0 Å².